The summed E-state index contributed by atoms with van der Waals surface area (Å²) in [5.74, 6) is 0.512. The number of carbonyl (C=O) groups excluding carboxylic acids is 1. The Morgan fingerprint density at radius 1 is 1.44 bits per heavy atom. The fourth-order valence-electron chi connectivity index (χ4n) is 2.74. The first-order valence-electron chi connectivity index (χ1n) is 6.37. The molecule has 1 heterocycles. The van der Waals surface area contributed by atoms with Crippen molar-refractivity contribution < 1.29 is 9.18 Å². The smallest absolute Gasteiger partial charge is 0.150 e. The molecule has 18 heavy (non-hydrogen) atoms. The van der Waals surface area contributed by atoms with Crippen molar-refractivity contribution in [1.82, 2.24) is 5.32 Å². The molecule has 2 nitrogen and oxygen atoms in total. The van der Waals surface area contributed by atoms with Crippen LogP contribution in [0.1, 0.15) is 24.8 Å². The lowest BCUT2D eigenvalue weighted by molar-refractivity contribution is -0.120. The van der Waals surface area contributed by atoms with Crippen molar-refractivity contribution in [1.29, 1.82) is 0 Å². The summed E-state index contributed by atoms with van der Waals surface area (Å²) in [6.07, 6.45) is 2.99. The van der Waals surface area contributed by atoms with Gasteiger partial charge in [0.25, 0.3) is 0 Å². The maximum atomic E-state index is 13.6. The SMILES string of the molecule is O=C(CCc1cccc(Cl)c1F)[C@@H]1C[C@H]2C[C@H]2N1. The molecular formula is C14H15ClFNO. The number of carbonyl (C=O) groups is 1. The van der Waals surface area contributed by atoms with Gasteiger partial charge in [-0.25, -0.2) is 4.39 Å². The number of halogens is 2. The molecule has 1 saturated carbocycles. The van der Waals surface area contributed by atoms with E-state index < -0.39 is 5.82 Å². The molecule has 1 saturated heterocycles. The molecule has 0 amide bonds. The van der Waals surface area contributed by atoms with E-state index in [9.17, 15) is 9.18 Å². The van der Waals surface area contributed by atoms with E-state index >= 15 is 0 Å². The average Bonchev–Trinajstić information content (AvgIpc) is 2.97. The molecule has 0 bridgehead atoms. The van der Waals surface area contributed by atoms with Gasteiger partial charge in [0, 0.05) is 12.5 Å². The lowest BCUT2D eigenvalue weighted by Crippen LogP contribution is -2.33. The molecule has 1 N–H and O–H groups in total. The minimum atomic E-state index is -0.394. The van der Waals surface area contributed by atoms with Crippen LogP contribution < -0.4 is 5.32 Å². The van der Waals surface area contributed by atoms with Crippen molar-refractivity contribution in [3.8, 4) is 0 Å². The molecule has 1 aliphatic carbocycles. The Kier molecular flexibility index (Phi) is 3.12. The third kappa shape index (κ3) is 2.29. The molecule has 3 rings (SSSR count). The van der Waals surface area contributed by atoms with E-state index in [1.54, 1.807) is 12.1 Å². The van der Waals surface area contributed by atoms with Crippen molar-refractivity contribution in [2.45, 2.75) is 37.8 Å². The van der Waals surface area contributed by atoms with Crippen LogP contribution in [0.25, 0.3) is 0 Å². The highest BCUT2D eigenvalue weighted by atomic mass is 35.5. The van der Waals surface area contributed by atoms with Crippen molar-refractivity contribution >= 4 is 17.4 Å². The first-order chi connectivity index (χ1) is 8.65. The molecule has 1 aromatic rings. The largest absolute Gasteiger partial charge is 0.304 e. The minimum Gasteiger partial charge on any atom is -0.304 e. The van der Waals surface area contributed by atoms with Gasteiger partial charge >= 0.3 is 0 Å². The van der Waals surface area contributed by atoms with Crippen LogP contribution in [-0.4, -0.2) is 17.9 Å². The topological polar surface area (TPSA) is 29.1 Å². The minimum absolute atomic E-state index is 0.00371. The summed E-state index contributed by atoms with van der Waals surface area (Å²) in [6.45, 7) is 0. The zero-order valence-corrected chi connectivity index (χ0v) is 10.7. The molecule has 1 aliphatic heterocycles. The molecule has 0 unspecified atom stereocenters. The maximum absolute atomic E-state index is 13.6. The number of aryl methyl sites for hydroxylation is 1. The number of hydrogen-bond acceptors (Lipinski definition) is 2. The van der Waals surface area contributed by atoms with Gasteiger partial charge in [-0.05, 0) is 36.8 Å². The van der Waals surface area contributed by atoms with Crippen LogP contribution in [0.5, 0.6) is 0 Å². The van der Waals surface area contributed by atoms with Crippen LogP contribution >= 0.6 is 11.6 Å². The first-order valence-corrected chi connectivity index (χ1v) is 6.74. The molecule has 2 fully saturated rings. The highest BCUT2D eigenvalue weighted by molar-refractivity contribution is 6.30. The van der Waals surface area contributed by atoms with Gasteiger partial charge in [-0.2, -0.15) is 0 Å². The molecule has 0 aromatic heterocycles. The van der Waals surface area contributed by atoms with Gasteiger partial charge in [0.05, 0.1) is 11.1 Å². The Balaban J connectivity index is 1.57. The van der Waals surface area contributed by atoms with Crippen molar-refractivity contribution in [3.63, 3.8) is 0 Å². The van der Waals surface area contributed by atoms with E-state index in [-0.39, 0.29) is 16.8 Å². The first kappa shape index (κ1) is 12.1. The molecule has 4 heteroatoms. The van der Waals surface area contributed by atoms with Crippen LogP contribution in [0.4, 0.5) is 4.39 Å². The van der Waals surface area contributed by atoms with Gasteiger partial charge in [0.2, 0.25) is 0 Å². The average molecular weight is 268 g/mol. The molecular weight excluding hydrogens is 253 g/mol. The van der Waals surface area contributed by atoms with Gasteiger partial charge < -0.3 is 5.32 Å². The third-order valence-electron chi connectivity index (χ3n) is 3.94. The summed E-state index contributed by atoms with van der Waals surface area (Å²) in [5.41, 5.74) is 0.527. The molecule has 0 radical (unpaired) electrons. The van der Waals surface area contributed by atoms with Crippen molar-refractivity contribution in [3.05, 3.63) is 34.6 Å². The van der Waals surface area contributed by atoms with Crippen LogP contribution in [0.3, 0.4) is 0 Å². The summed E-state index contributed by atoms with van der Waals surface area (Å²) >= 11 is 5.71. The lowest BCUT2D eigenvalue weighted by atomic mass is 10.0. The number of piperidine rings is 1. The van der Waals surface area contributed by atoms with E-state index in [0.29, 0.717) is 30.4 Å². The zero-order valence-electron chi connectivity index (χ0n) is 9.96. The summed E-state index contributed by atoms with van der Waals surface area (Å²) < 4.78 is 13.6. The number of ketones is 1. The Morgan fingerprint density at radius 2 is 2.28 bits per heavy atom. The van der Waals surface area contributed by atoms with E-state index in [1.165, 1.54) is 12.5 Å². The van der Waals surface area contributed by atoms with Crippen LogP contribution in [0.2, 0.25) is 5.02 Å². The Hall–Kier alpha value is -0.930. The molecule has 1 aromatic carbocycles. The number of nitrogens with one attached hydrogen (secondary N) is 1. The number of benzene rings is 1. The van der Waals surface area contributed by atoms with Gasteiger partial charge in [-0.3, -0.25) is 4.79 Å². The highest BCUT2D eigenvalue weighted by Gasteiger charge is 2.47. The van der Waals surface area contributed by atoms with Gasteiger partial charge in [0.15, 0.2) is 0 Å². The molecule has 0 spiro atoms. The summed E-state index contributed by atoms with van der Waals surface area (Å²) in [4.78, 5) is 12.0. The Labute approximate surface area is 111 Å². The van der Waals surface area contributed by atoms with Gasteiger partial charge in [-0.15, -0.1) is 0 Å². The Morgan fingerprint density at radius 3 is 3.00 bits per heavy atom. The predicted molar refractivity (Wildman–Crippen MR) is 68.2 cm³/mol. The Bertz CT molecular complexity index is 481. The standard InChI is InChI=1S/C14H15ClFNO/c15-10-3-1-2-8(14(10)16)4-5-13(18)12-7-9-6-11(9)17-12/h1-3,9,11-12,17H,4-7H2/t9-,11-,12+/m1/s1. The second kappa shape index (κ2) is 4.63. The molecule has 2 aliphatic rings. The second-order valence-corrected chi connectivity index (χ2v) is 5.64. The lowest BCUT2D eigenvalue weighted by Gasteiger charge is -2.12. The maximum Gasteiger partial charge on any atom is 0.150 e. The molecule has 96 valence electrons. The zero-order chi connectivity index (χ0) is 12.7. The van der Waals surface area contributed by atoms with E-state index in [4.69, 9.17) is 11.6 Å². The van der Waals surface area contributed by atoms with Crippen LogP contribution in [0.15, 0.2) is 18.2 Å². The third-order valence-corrected chi connectivity index (χ3v) is 4.23. The van der Waals surface area contributed by atoms with Crippen molar-refractivity contribution in [2.24, 2.45) is 5.92 Å². The van der Waals surface area contributed by atoms with Crippen LogP contribution in [-0.2, 0) is 11.2 Å². The van der Waals surface area contributed by atoms with E-state index in [0.717, 1.165) is 6.42 Å². The monoisotopic (exact) mass is 267 g/mol. The van der Waals surface area contributed by atoms with Gasteiger partial charge in [0.1, 0.15) is 11.6 Å². The normalized spacial score (nSPS) is 29.1. The van der Waals surface area contributed by atoms with Crippen molar-refractivity contribution in [2.75, 3.05) is 0 Å². The predicted octanol–water partition coefficient (Wildman–Crippen LogP) is 2.73. The van der Waals surface area contributed by atoms with E-state index in [1.807, 2.05) is 0 Å². The fourth-order valence-corrected chi connectivity index (χ4v) is 2.93. The molecule has 3 atom stereocenters. The summed E-state index contributed by atoms with van der Waals surface area (Å²) in [5, 5.41) is 3.45. The number of rotatable bonds is 4. The highest BCUT2D eigenvalue weighted by Crippen LogP contribution is 2.41. The number of fused-ring (bicyclic) bond motifs is 1. The van der Waals surface area contributed by atoms with Gasteiger partial charge in [-0.1, -0.05) is 23.7 Å². The summed E-state index contributed by atoms with van der Waals surface area (Å²) in [7, 11) is 0. The van der Waals surface area contributed by atoms with Crippen LogP contribution in [0, 0.1) is 11.7 Å². The number of Topliss-reactive ketones (excluding diaryl/α,β-unsaturated/α-hetero) is 1. The quantitative estimate of drug-likeness (QED) is 0.909. The number of hydrogen-bond donors (Lipinski definition) is 1. The van der Waals surface area contributed by atoms with E-state index in [2.05, 4.69) is 5.32 Å². The fraction of sp³-hybridized carbons (Fsp3) is 0.500. The second-order valence-electron chi connectivity index (χ2n) is 5.24. The summed E-state index contributed by atoms with van der Waals surface area (Å²) in [6, 6.07) is 5.49.